The largest absolute Gasteiger partial charge is 0.395 e. The van der Waals surface area contributed by atoms with Crippen molar-refractivity contribution in [2.75, 3.05) is 32.8 Å². The van der Waals surface area contributed by atoms with Gasteiger partial charge in [0.1, 0.15) is 0 Å². The maximum absolute atomic E-state index is 8.77. The van der Waals surface area contributed by atoms with Gasteiger partial charge in [0.2, 0.25) is 0 Å². The molecule has 24 heavy (non-hydrogen) atoms. The molecule has 1 aliphatic heterocycles. The van der Waals surface area contributed by atoms with Crippen LogP contribution in [0.5, 0.6) is 0 Å². The molecule has 0 atom stereocenters. The Labute approximate surface area is 148 Å². The van der Waals surface area contributed by atoms with Crippen LogP contribution in [0.25, 0.3) is 0 Å². The molecular formula is C20H24N2OS. The second-order valence-corrected chi connectivity index (χ2v) is 7.25. The van der Waals surface area contributed by atoms with Gasteiger partial charge in [-0.1, -0.05) is 42.2 Å². The van der Waals surface area contributed by atoms with Crippen molar-refractivity contribution in [3.8, 4) is 11.8 Å². The molecule has 0 aliphatic carbocycles. The number of nitrogens with zero attached hydrogens (tertiary/aromatic N) is 2. The molecule has 3 nitrogen and oxygen atoms in total. The average molecular weight is 340 g/mol. The number of benzene rings is 1. The van der Waals surface area contributed by atoms with E-state index in [1.807, 2.05) is 0 Å². The summed E-state index contributed by atoms with van der Waals surface area (Å²) in [4.78, 5) is 7.53. The lowest BCUT2D eigenvalue weighted by Crippen LogP contribution is -2.45. The Morgan fingerprint density at radius 1 is 0.917 bits per heavy atom. The molecule has 3 rings (SSSR count). The molecule has 1 aromatic heterocycles. The smallest absolute Gasteiger partial charge is 0.0771 e. The third kappa shape index (κ3) is 5.19. The summed E-state index contributed by atoms with van der Waals surface area (Å²) in [5.41, 5.74) is 1.40. The zero-order chi connectivity index (χ0) is 16.6. The molecule has 1 fully saturated rings. The zero-order valence-corrected chi connectivity index (χ0v) is 14.8. The van der Waals surface area contributed by atoms with Gasteiger partial charge in [0.25, 0.3) is 0 Å². The molecule has 0 amide bonds. The van der Waals surface area contributed by atoms with Crippen molar-refractivity contribution < 1.29 is 5.11 Å². The number of hydrogen-bond acceptors (Lipinski definition) is 4. The van der Waals surface area contributed by atoms with E-state index in [1.165, 1.54) is 10.4 Å². The highest BCUT2D eigenvalue weighted by atomic mass is 32.1. The average Bonchev–Trinajstić information content (AvgIpc) is 3.05. The first-order chi connectivity index (χ1) is 11.8. The number of piperazine rings is 1. The van der Waals surface area contributed by atoms with Gasteiger partial charge in [-0.05, 0) is 17.7 Å². The van der Waals surface area contributed by atoms with Gasteiger partial charge in [-0.2, -0.15) is 0 Å². The van der Waals surface area contributed by atoms with Crippen LogP contribution in [0.4, 0.5) is 0 Å². The molecule has 0 radical (unpaired) electrons. The number of hydrogen-bond donors (Lipinski definition) is 1. The predicted octanol–water partition coefficient (Wildman–Crippen LogP) is 2.80. The van der Waals surface area contributed by atoms with E-state index in [0.29, 0.717) is 6.42 Å². The van der Waals surface area contributed by atoms with Crippen LogP contribution in [-0.2, 0) is 13.1 Å². The van der Waals surface area contributed by atoms with Crippen molar-refractivity contribution in [2.45, 2.75) is 19.5 Å². The van der Waals surface area contributed by atoms with Crippen molar-refractivity contribution in [1.82, 2.24) is 9.80 Å². The van der Waals surface area contributed by atoms with Gasteiger partial charge in [0.15, 0.2) is 0 Å². The van der Waals surface area contributed by atoms with Crippen LogP contribution in [-0.4, -0.2) is 47.7 Å². The molecule has 0 spiro atoms. The fraction of sp³-hybridized carbons (Fsp3) is 0.400. The molecule has 2 aromatic rings. The number of thiophene rings is 1. The first-order valence-corrected chi connectivity index (χ1v) is 9.32. The van der Waals surface area contributed by atoms with Gasteiger partial charge in [-0.15, -0.1) is 11.3 Å². The van der Waals surface area contributed by atoms with Crippen LogP contribution in [0.15, 0.2) is 42.5 Å². The quantitative estimate of drug-likeness (QED) is 0.848. The van der Waals surface area contributed by atoms with Gasteiger partial charge >= 0.3 is 0 Å². The minimum absolute atomic E-state index is 0.137. The van der Waals surface area contributed by atoms with E-state index in [1.54, 1.807) is 11.3 Å². The third-order valence-electron chi connectivity index (χ3n) is 4.20. The van der Waals surface area contributed by atoms with E-state index in [-0.39, 0.29) is 6.61 Å². The summed E-state index contributed by atoms with van der Waals surface area (Å²) in [6.45, 7) is 6.71. The normalized spacial score (nSPS) is 15.9. The second kappa shape index (κ2) is 9.00. The molecule has 0 bridgehead atoms. The Bertz CT molecular complexity index is 678. The molecule has 0 unspecified atom stereocenters. The van der Waals surface area contributed by atoms with Gasteiger partial charge in [-0.3, -0.25) is 9.80 Å². The second-order valence-electron chi connectivity index (χ2n) is 6.08. The summed E-state index contributed by atoms with van der Waals surface area (Å²) in [6, 6.07) is 15.0. The lowest BCUT2D eigenvalue weighted by Gasteiger charge is -2.34. The van der Waals surface area contributed by atoms with Crippen LogP contribution < -0.4 is 0 Å². The summed E-state index contributed by atoms with van der Waals surface area (Å²) < 4.78 is 0. The molecule has 2 heterocycles. The molecule has 1 aliphatic rings. The maximum atomic E-state index is 8.77. The fourth-order valence-electron chi connectivity index (χ4n) is 2.90. The van der Waals surface area contributed by atoms with Crippen molar-refractivity contribution in [3.05, 3.63) is 57.8 Å². The van der Waals surface area contributed by atoms with Gasteiger partial charge in [-0.25, -0.2) is 0 Å². The minimum Gasteiger partial charge on any atom is -0.395 e. The highest BCUT2D eigenvalue weighted by molar-refractivity contribution is 7.12. The molecule has 0 saturated carbocycles. The summed E-state index contributed by atoms with van der Waals surface area (Å²) in [7, 11) is 0. The van der Waals surface area contributed by atoms with Gasteiger partial charge in [0, 0.05) is 50.6 Å². The topological polar surface area (TPSA) is 26.7 Å². The van der Waals surface area contributed by atoms with Crippen LogP contribution in [0.3, 0.4) is 0 Å². The Morgan fingerprint density at radius 2 is 1.62 bits per heavy atom. The molecule has 1 saturated heterocycles. The first kappa shape index (κ1) is 17.2. The number of rotatable bonds is 5. The highest BCUT2D eigenvalue weighted by Gasteiger charge is 2.17. The molecular weight excluding hydrogens is 316 g/mol. The van der Waals surface area contributed by atoms with E-state index in [4.69, 9.17) is 5.11 Å². The van der Waals surface area contributed by atoms with Crippen molar-refractivity contribution in [2.24, 2.45) is 0 Å². The van der Waals surface area contributed by atoms with Crippen LogP contribution in [0, 0.1) is 11.8 Å². The van der Waals surface area contributed by atoms with Crippen molar-refractivity contribution >= 4 is 11.3 Å². The van der Waals surface area contributed by atoms with Crippen LogP contribution in [0.1, 0.15) is 21.7 Å². The number of aliphatic hydroxyl groups is 1. The molecule has 4 heteroatoms. The minimum atomic E-state index is 0.137. The monoisotopic (exact) mass is 340 g/mol. The molecule has 1 aromatic carbocycles. The molecule has 126 valence electrons. The number of aliphatic hydroxyl groups excluding tert-OH is 1. The first-order valence-electron chi connectivity index (χ1n) is 8.50. The van der Waals surface area contributed by atoms with E-state index < -0.39 is 0 Å². The van der Waals surface area contributed by atoms with E-state index >= 15 is 0 Å². The van der Waals surface area contributed by atoms with E-state index in [0.717, 1.165) is 44.1 Å². The maximum Gasteiger partial charge on any atom is 0.0771 e. The summed E-state index contributed by atoms with van der Waals surface area (Å²) in [5, 5.41) is 8.77. The summed E-state index contributed by atoms with van der Waals surface area (Å²) >= 11 is 1.77. The summed E-state index contributed by atoms with van der Waals surface area (Å²) in [6.07, 6.45) is 0.552. The fourth-order valence-corrected chi connectivity index (χ4v) is 3.83. The van der Waals surface area contributed by atoms with Crippen LogP contribution in [0.2, 0.25) is 0 Å². The zero-order valence-electron chi connectivity index (χ0n) is 13.9. The van der Waals surface area contributed by atoms with E-state index in [9.17, 15) is 0 Å². The van der Waals surface area contributed by atoms with Gasteiger partial charge in [0.05, 0.1) is 11.5 Å². The van der Waals surface area contributed by atoms with Gasteiger partial charge < -0.3 is 5.11 Å². The van der Waals surface area contributed by atoms with Crippen molar-refractivity contribution in [1.29, 1.82) is 0 Å². The highest BCUT2D eigenvalue weighted by Crippen LogP contribution is 2.19. The third-order valence-corrected chi connectivity index (χ3v) is 5.19. The Kier molecular flexibility index (Phi) is 6.45. The Morgan fingerprint density at radius 3 is 2.33 bits per heavy atom. The Hall–Kier alpha value is -1.64. The SMILES string of the molecule is OCCC#Cc1ccc(CN2CCN(Cc3ccccc3)CC2)s1. The van der Waals surface area contributed by atoms with Crippen LogP contribution >= 0.6 is 11.3 Å². The van der Waals surface area contributed by atoms with E-state index in [2.05, 4.69) is 64.1 Å². The Balaban J connectivity index is 1.45. The summed E-state index contributed by atoms with van der Waals surface area (Å²) in [5.74, 6) is 6.11. The van der Waals surface area contributed by atoms with Crippen molar-refractivity contribution in [3.63, 3.8) is 0 Å². The lowest BCUT2D eigenvalue weighted by molar-refractivity contribution is 0.123. The standard InChI is InChI=1S/C20H24N2OS/c23-15-5-4-8-19-9-10-20(24-19)17-22-13-11-21(12-14-22)16-18-6-2-1-3-7-18/h1-3,6-7,9-10,23H,5,11-17H2. The lowest BCUT2D eigenvalue weighted by atomic mass is 10.2. The molecule has 1 N–H and O–H groups in total. The predicted molar refractivity (Wildman–Crippen MR) is 99.9 cm³/mol.